The third-order valence-electron chi connectivity index (χ3n) is 4.38. The van der Waals surface area contributed by atoms with Crippen LogP contribution >= 0.6 is 0 Å². The lowest BCUT2D eigenvalue weighted by atomic mass is 9.83. The molecule has 2 aromatic heterocycles. The van der Waals surface area contributed by atoms with Crippen LogP contribution in [0.5, 0.6) is 0 Å². The minimum atomic E-state index is 0.0117. The van der Waals surface area contributed by atoms with Crippen LogP contribution < -0.4 is 0 Å². The zero-order chi connectivity index (χ0) is 14.4. The average molecular weight is 280 g/mol. The minimum absolute atomic E-state index is 0.0117. The molecular weight excluding hydrogens is 264 g/mol. The van der Waals surface area contributed by atoms with Crippen LogP contribution in [0, 0.1) is 12.8 Å². The Labute approximate surface area is 122 Å². The summed E-state index contributed by atoms with van der Waals surface area (Å²) in [6.07, 6.45) is 4.18. The fourth-order valence-electron chi connectivity index (χ4n) is 3.30. The van der Waals surface area contributed by atoms with Gasteiger partial charge < -0.3 is 9.40 Å². The lowest BCUT2D eigenvalue weighted by Crippen LogP contribution is -2.23. The number of aryl methyl sites for hydroxylation is 2. The fourth-order valence-corrected chi connectivity index (χ4v) is 3.30. The van der Waals surface area contributed by atoms with Crippen molar-refractivity contribution in [3.05, 3.63) is 53.3 Å². The largest absolute Gasteiger partial charge is 0.461 e. The van der Waals surface area contributed by atoms with Gasteiger partial charge >= 0.3 is 0 Å². The Morgan fingerprint density at radius 1 is 1.38 bits per heavy atom. The number of carbonyl (C=O) groups excluding carboxylic acids is 1. The summed E-state index contributed by atoms with van der Waals surface area (Å²) in [5.41, 5.74) is 3.74. The minimum Gasteiger partial charge on any atom is -0.461 e. The number of hydrogen-bond acceptors (Lipinski definition) is 3. The van der Waals surface area contributed by atoms with E-state index >= 15 is 0 Å². The van der Waals surface area contributed by atoms with Gasteiger partial charge in [-0.25, -0.2) is 4.98 Å². The maximum atomic E-state index is 12.9. The normalized spacial score (nSPS) is 17.9. The highest BCUT2D eigenvalue weighted by Crippen LogP contribution is 2.31. The Kier molecular flexibility index (Phi) is 2.70. The van der Waals surface area contributed by atoms with E-state index in [4.69, 9.17) is 4.42 Å². The van der Waals surface area contributed by atoms with E-state index in [2.05, 4.69) is 9.97 Å². The van der Waals surface area contributed by atoms with Gasteiger partial charge in [0.25, 0.3) is 0 Å². The molecule has 0 aliphatic heterocycles. The second-order valence-electron chi connectivity index (χ2n) is 5.66. The summed E-state index contributed by atoms with van der Waals surface area (Å²) in [6, 6.07) is 7.75. The number of rotatable bonds is 2. The number of imidazole rings is 1. The molecule has 106 valence electrons. The Morgan fingerprint density at radius 3 is 3.14 bits per heavy atom. The van der Waals surface area contributed by atoms with Crippen molar-refractivity contribution in [3.8, 4) is 0 Å². The Morgan fingerprint density at radius 2 is 2.24 bits per heavy atom. The molecule has 0 fully saturated rings. The summed E-state index contributed by atoms with van der Waals surface area (Å²) in [5.74, 6) is 0.923. The molecule has 1 aliphatic rings. The van der Waals surface area contributed by atoms with Crippen molar-refractivity contribution in [2.45, 2.75) is 26.2 Å². The number of hydrogen-bond donors (Lipinski definition) is 1. The van der Waals surface area contributed by atoms with Crippen molar-refractivity contribution in [2.24, 2.45) is 5.92 Å². The highest BCUT2D eigenvalue weighted by atomic mass is 16.3. The Bertz CT molecular complexity index is 828. The van der Waals surface area contributed by atoms with E-state index in [0.29, 0.717) is 0 Å². The van der Waals surface area contributed by atoms with E-state index in [1.165, 1.54) is 0 Å². The highest BCUT2D eigenvalue weighted by Gasteiger charge is 2.30. The monoisotopic (exact) mass is 280 g/mol. The van der Waals surface area contributed by atoms with Gasteiger partial charge in [-0.15, -0.1) is 0 Å². The van der Waals surface area contributed by atoms with Gasteiger partial charge in [0, 0.05) is 17.0 Å². The lowest BCUT2D eigenvalue weighted by molar-refractivity contribution is 0.0907. The van der Waals surface area contributed by atoms with E-state index in [0.717, 1.165) is 52.9 Å². The molecule has 3 aromatic rings. The van der Waals surface area contributed by atoms with E-state index < -0.39 is 0 Å². The molecule has 1 aromatic carbocycles. The molecule has 1 N–H and O–H groups in total. The number of fused-ring (bicyclic) bond motifs is 2. The second-order valence-corrected chi connectivity index (χ2v) is 5.66. The van der Waals surface area contributed by atoms with Gasteiger partial charge in [0.15, 0.2) is 5.78 Å². The first-order valence-electron chi connectivity index (χ1n) is 7.27. The molecular formula is C17H16N2O2. The molecule has 0 bridgehead atoms. The molecule has 0 saturated heterocycles. The Balaban J connectivity index is 1.73. The summed E-state index contributed by atoms with van der Waals surface area (Å²) in [4.78, 5) is 20.4. The standard InChI is InChI=1S/C17H16N2O2/c1-10-16(12-4-2-3-5-15(12)21-10)17(20)11-6-7-13-14(8-11)19-9-18-13/h2-5,9,11H,6-8H2,1H3,(H,18,19). The van der Waals surface area contributed by atoms with Crippen LogP contribution in [0.1, 0.15) is 33.9 Å². The SMILES string of the molecule is Cc1oc2ccccc2c1C(=O)C1CCc2nc[nH]c2C1. The topological polar surface area (TPSA) is 58.9 Å². The smallest absolute Gasteiger partial charge is 0.170 e. The number of para-hydroxylation sites is 1. The van der Waals surface area contributed by atoms with Crippen molar-refractivity contribution < 1.29 is 9.21 Å². The van der Waals surface area contributed by atoms with Crippen LogP contribution in [0.25, 0.3) is 11.0 Å². The van der Waals surface area contributed by atoms with E-state index in [1.807, 2.05) is 31.2 Å². The van der Waals surface area contributed by atoms with Crippen LogP contribution in [0.4, 0.5) is 0 Å². The number of nitrogens with one attached hydrogen (secondary N) is 1. The van der Waals surface area contributed by atoms with Crippen LogP contribution in [-0.2, 0) is 12.8 Å². The zero-order valence-electron chi connectivity index (χ0n) is 11.8. The number of Topliss-reactive ketones (excluding diaryl/α,β-unsaturated/α-hetero) is 1. The molecule has 0 radical (unpaired) electrons. The zero-order valence-corrected chi connectivity index (χ0v) is 11.8. The molecule has 4 heteroatoms. The highest BCUT2D eigenvalue weighted by molar-refractivity contribution is 6.09. The van der Waals surface area contributed by atoms with Gasteiger partial charge in [0.2, 0.25) is 0 Å². The van der Waals surface area contributed by atoms with Crippen molar-refractivity contribution >= 4 is 16.8 Å². The first-order valence-corrected chi connectivity index (χ1v) is 7.27. The third kappa shape index (κ3) is 1.90. The van der Waals surface area contributed by atoms with Crippen molar-refractivity contribution in [1.82, 2.24) is 9.97 Å². The third-order valence-corrected chi connectivity index (χ3v) is 4.38. The first-order chi connectivity index (χ1) is 10.2. The molecule has 0 amide bonds. The maximum absolute atomic E-state index is 12.9. The van der Waals surface area contributed by atoms with E-state index in [1.54, 1.807) is 6.33 Å². The van der Waals surface area contributed by atoms with Gasteiger partial charge in [-0.3, -0.25) is 4.79 Å². The van der Waals surface area contributed by atoms with Crippen LogP contribution in [0.2, 0.25) is 0 Å². The van der Waals surface area contributed by atoms with Gasteiger partial charge in [0.05, 0.1) is 17.6 Å². The number of aromatic amines is 1. The molecule has 0 saturated carbocycles. The molecule has 2 heterocycles. The predicted octanol–water partition coefficient (Wildman–Crippen LogP) is 3.45. The predicted molar refractivity (Wildman–Crippen MR) is 79.4 cm³/mol. The maximum Gasteiger partial charge on any atom is 0.170 e. The first kappa shape index (κ1) is 12.4. The lowest BCUT2D eigenvalue weighted by Gasteiger charge is -2.20. The molecule has 4 rings (SSSR count). The quantitative estimate of drug-likeness (QED) is 0.731. The number of furan rings is 1. The molecule has 1 atom stereocenters. The molecule has 1 aliphatic carbocycles. The van der Waals surface area contributed by atoms with Crippen LogP contribution in [0.15, 0.2) is 35.0 Å². The fraction of sp³-hybridized carbons (Fsp3) is 0.294. The molecule has 0 spiro atoms. The Hall–Kier alpha value is -2.36. The second kappa shape index (κ2) is 4.58. The number of aromatic nitrogens is 2. The summed E-state index contributed by atoms with van der Waals surface area (Å²) in [7, 11) is 0. The van der Waals surface area contributed by atoms with Crippen molar-refractivity contribution in [3.63, 3.8) is 0 Å². The van der Waals surface area contributed by atoms with E-state index in [-0.39, 0.29) is 11.7 Å². The van der Waals surface area contributed by atoms with Gasteiger partial charge in [-0.05, 0) is 32.3 Å². The number of nitrogens with zero attached hydrogens (tertiary/aromatic N) is 1. The number of H-pyrrole nitrogens is 1. The number of benzene rings is 1. The van der Waals surface area contributed by atoms with Crippen LogP contribution in [-0.4, -0.2) is 15.8 Å². The summed E-state index contributed by atoms with van der Waals surface area (Å²) in [6.45, 7) is 1.87. The number of ketones is 1. The van der Waals surface area contributed by atoms with Gasteiger partial charge in [0.1, 0.15) is 11.3 Å². The summed E-state index contributed by atoms with van der Waals surface area (Å²) in [5, 5.41) is 0.926. The summed E-state index contributed by atoms with van der Waals surface area (Å²) >= 11 is 0. The summed E-state index contributed by atoms with van der Waals surface area (Å²) < 4.78 is 5.72. The number of carbonyl (C=O) groups is 1. The molecule has 4 nitrogen and oxygen atoms in total. The van der Waals surface area contributed by atoms with E-state index in [9.17, 15) is 4.79 Å². The average Bonchev–Trinajstić information content (AvgIpc) is 3.08. The van der Waals surface area contributed by atoms with Crippen LogP contribution in [0.3, 0.4) is 0 Å². The van der Waals surface area contributed by atoms with Crippen molar-refractivity contribution in [1.29, 1.82) is 0 Å². The van der Waals surface area contributed by atoms with Crippen molar-refractivity contribution in [2.75, 3.05) is 0 Å². The molecule has 21 heavy (non-hydrogen) atoms. The van der Waals surface area contributed by atoms with Gasteiger partial charge in [-0.2, -0.15) is 0 Å². The van der Waals surface area contributed by atoms with Gasteiger partial charge in [-0.1, -0.05) is 18.2 Å². The molecule has 1 unspecified atom stereocenters.